The van der Waals surface area contributed by atoms with Gasteiger partial charge in [-0.3, -0.25) is 14.5 Å². The van der Waals surface area contributed by atoms with Gasteiger partial charge in [0.05, 0.1) is 18.6 Å². The Kier molecular flexibility index (Phi) is 7.04. The number of carbonyl (C=O) groups excluding carboxylic acids is 2. The van der Waals surface area contributed by atoms with Gasteiger partial charge < -0.3 is 9.80 Å². The lowest BCUT2D eigenvalue weighted by Gasteiger charge is -2.35. The molecule has 0 radical (unpaired) electrons. The van der Waals surface area contributed by atoms with Gasteiger partial charge in [0.15, 0.2) is 0 Å². The Morgan fingerprint density at radius 1 is 0.806 bits per heavy atom. The number of hydrogen-bond donors (Lipinski definition) is 0. The third kappa shape index (κ3) is 5.44. The van der Waals surface area contributed by atoms with Crippen molar-refractivity contribution >= 4 is 22.8 Å². The number of aromatic nitrogens is 3. The third-order valence-corrected chi connectivity index (χ3v) is 6.65. The average molecular weight is 483 g/mol. The quantitative estimate of drug-likeness (QED) is 0.405. The first kappa shape index (κ1) is 23.7. The Labute approximate surface area is 210 Å². The van der Waals surface area contributed by atoms with Gasteiger partial charge in [-0.15, -0.1) is 5.10 Å². The second-order valence-corrected chi connectivity index (χ2v) is 9.24. The molecule has 5 rings (SSSR count). The minimum absolute atomic E-state index is 0.0140. The van der Waals surface area contributed by atoms with Crippen molar-refractivity contribution < 1.29 is 9.59 Å². The molecule has 1 aliphatic rings. The Hall–Kier alpha value is -4.04. The van der Waals surface area contributed by atoms with Crippen molar-refractivity contribution in [3.8, 4) is 0 Å². The van der Waals surface area contributed by atoms with Gasteiger partial charge in [0, 0.05) is 45.3 Å². The van der Waals surface area contributed by atoms with E-state index >= 15 is 0 Å². The molecule has 0 atom stereocenters. The molecule has 2 amide bonds. The fourth-order valence-corrected chi connectivity index (χ4v) is 4.55. The summed E-state index contributed by atoms with van der Waals surface area (Å²) in [5, 5.41) is 8.41. The number of benzene rings is 3. The summed E-state index contributed by atoms with van der Waals surface area (Å²) in [5.74, 6) is -0.177. The van der Waals surface area contributed by atoms with Crippen LogP contribution in [0.15, 0.2) is 78.9 Å². The zero-order valence-electron chi connectivity index (χ0n) is 20.5. The summed E-state index contributed by atoms with van der Waals surface area (Å²) in [7, 11) is 1.68. The van der Waals surface area contributed by atoms with Crippen LogP contribution in [-0.4, -0.2) is 81.3 Å². The highest BCUT2D eigenvalue weighted by atomic mass is 16.2. The fourth-order valence-electron chi connectivity index (χ4n) is 4.55. The van der Waals surface area contributed by atoms with E-state index < -0.39 is 0 Å². The first-order valence-corrected chi connectivity index (χ1v) is 12.2. The predicted molar refractivity (Wildman–Crippen MR) is 138 cm³/mol. The maximum Gasteiger partial charge on any atom is 0.254 e. The molecule has 0 bridgehead atoms. The van der Waals surface area contributed by atoms with E-state index in [4.69, 9.17) is 0 Å². The Bertz CT molecular complexity index is 1330. The van der Waals surface area contributed by atoms with Crippen LogP contribution in [0, 0.1) is 0 Å². The van der Waals surface area contributed by atoms with Gasteiger partial charge in [0.25, 0.3) is 5.91 Å². The van der Waals surface area contributed by atoms with Gasteiger partial charge in [-0.2, -0.15) is 0 Å². The molecule has 8 nitrogen and oxygen atoms in total. The molecule has 2 heterocycles. The molecule has 184 valence electrons. The highest BCUT2D eigenvalue weighted by Gasteiger charge is 2.23. The first-order valence-electron chi connectivity index (χ1n) is 12.2. The van der Waals surface area contributed by atoms with Crippen LogP contribution < -0.4 is 0 Å². The second kappa shape index (κ2) is 10.7. The van der Waals surface area contributed by atoms with Crippen LogP contribution in [0.25, 0.3) is 11.0 Å². The summed E-state index contributed by atoms with van der Waals surface area (Å²) >= 11 is 0. The summed E-state index contributed by atoms with van der Waals surface area (Å²) in [5.41, 5.74) is 4.69. The van der Waals surface area contributed by atoms with E-state index in [-0.39, 0.29) is 18.4 Å². The van der Waals surface area contributed by atoms with Crippen LogP contribution >= 0.6 is 0 Å². The van der Waals surface area contributed by atoms with E-state index in [2.05, 4.69) is 27.3 Å². The average Bonchev–Trinajstić information content (AvgIpc) is 3.32. The summed E-state index contributed by atoms with van der Waals surface area (Å²) in [6.07, 6.45) is 0. The Morgan fingerprint density at radius 3 is 2.22 bits per heavy atom. The van der Waals surface area contributed by atoms with Crippen molar-refractivity contribution in [1.82, 2.24) is 29.7 Å². The van der Waals surface area contributed by atoms with Gasteiger partial charge in [0.2, 0.25) is 5.91 Å². The SMILES string of the molecule is CN(CC(=O)N1CCN(Cc2ccccc2)CC1)C(=O)c1ccc(Cn2nnc3ccccc32)cc1. The van der Waals surface area contributed by atoms with Crippen LogP contribution in [0.1, 0.15) is 21.5 Å². The van der Waals surface area contributed by atoms with Crippen molar-refractivity contribution in [3.63, 3.8) is 0 Å². The standard InChI is InChI=1S/C28H30N6O2/c1-31(21-27(35)33-17-15-32(16-18-33)19-22-7-3-2-4-8-22)28(36)24-13-11-23(12-14-24)20-34-26-10-6-5-9-25(26)29-30-34/h2-14H,15-21H2,1H3. The molecule has 0 aliphatic carbocycles. The van der Waals surface area contributed by atoms with Crippen LogP contribution in [-0.2, 0) is 17.9 Å². The Balaban J connectivity index is 1.12. The molecule has 0 N–H and O–H groups in total. The molecule has 1 fully saturated rings. The lowest BCUT2D eigenvalue weighted by Crippen LogP contribution is -2.51. The zero-order valence-corrected chi connectivity index (χ0v) is 20.5. The number of para-hydroxylation sites is 1. The molecule has 0 saturated carbocycles. The molecule has 36 heavy (non-hydrogen) atoms. The summed E-state index contributed by atoms with van der Waals surface area (Å²) < 4.78 is 1.84. The van der Waals surface area contributed by atoms with E-state index in [1.807, 2.05) is 64.2 Å². The van der Waals surface area contributed by atoms with Gasteiger partial charge >= 0.3 is 0 Å². The van der Waals surface area contributed by atoms with E-state index in [0.717, 1.165) is 36.2 Å². The van der Waals surface area contributed by atoms with Gasteiger partial charge in [-0.05, 0) is 35.4 Å². The highest BCUT2D eigenvalue weighted by molar-refractivity contribution is 5.96. The normalized spacial score (nSPS) is 14.2. The summed E-state index contributed by atoms with van der Waals surface area (Å²) in [4.78, 5) is 31.5. The minimum Gasteiger partial charge on any atom is -0.339 e. The molecule has 1 saturated heterocycles. The topological polar surface area (TPSA) is 74.6 Å². The molecule has 8 heteroatoms. The minimum atomic E-state index is -0.163. The second-order valence-electron chi connectivity index (χ2n) is 9.24. The summed E-state index contributed by atoms with van der Waals surface area (Å²) in [6, 6.07) is 25.7. The number of rotatable bonds is 7. The molecule has 4 aromatic rings. The van der Waals surface area contributed by atoms with Crippen molar-refractivity contribution in [1.29, 1.82) is 0 Å². The fraction of sp³-hybridized carbons (Fsp3) is 0.286. The molecule has 3 aromatic carbocycles. The van der Waals surface area contributed by atoms with E-state index in [0.29, 0.717) is 25.2 Å². The number of fused-ring (bicyclic) bond motifs is 1. The van der Waals surface area contributed by atoms with Crippen molar-refractivity contribution in [2.24, 2.45) is 0 Å². The molecule has 1 aliphatic heterocycles. The van der Waals surface area contributed by atoms with Crippen molar-refractivity contribution in [2.45, 2.75) is 13.1 Å². The van der Waals surface area contributed by atoms with Crippen LogP contribution in [0.4, 0.5) is 0 Å². The molecule has 1 aromatic heterocycles. The maximum absolute atomic E-state index is 12.9. The number of nitrogens with zero attached hydrogens (tertiary/aromatic N) is 6. The van der Waals surface area contributed by atoms with Gasteiger partial charge in [0.1, 0.15) is 5.52 Å². The largest absolute Gasteiger partial charge is 0.339 e. The van der Waals surface area contributed by atoms with Crippen LogP contribution in [0.3, 0.4) is 0 Å². The molecule has 0 spiro atoms. The van der Waals surface area contributed by atoms with Gasteiger partial charge in [-0.25, -0.2) is 4.68 Å². The number of amides is 2. The zero-order chi connectivity index (χ0) is 24.9. The van der Waals surface area contributed by atoms with Crippen LogP contribution in [0.5, 0.6) is 0 Å². The monoisotopic (exact) mass is 482 g/mol. The molecular formula is C28H30N6O2. The lowest BCUT2D eigenvalue weighted by molar-refractivity contribution is -0.133. The number of piperazine rings is 1. The maximum atomic E-state index is 12.9. The molecular weight excluding hydrogens is 452 g/mol. The van der Waals surface area contributed by atoms with Crippen molar-refractivity contribution in [3.05, 3.63) is 95.6 Å². The predicted octanol–water partition coefficient (Wildman–Crippen LogP) is 2.90. The smallest absolute Gasteiger partial charge is 0.254 e. The summed E-state index contributed by atoms with van der Waals surface area (Å²) in [6.45, 7) is 4.56. The van der Waals surface area contributed by atoms with E-state index in [1.54, 1.807) is 19.2 Å². The van der Waals surface area contributed by atoms with E-state index in [9.17, 15) is 9.59 Å². The highest BCUT2D eigenvalue weighted by Crippen LogP contribution is 2.14. The van der Waals surface area contributed by atoms with Crippen LogP contribution in [0.2, 0.25) is 0 Å². The Morgan fingerprint density at radius 2 is 1.47 bits per heavy atom. The number of likely N-dealkylation sites (N-methyl/N-ethyl adjacent to an activating group) is 1. The van der Waals surface area contributed by atoms with Gasteiger partial charge in [-0.1, -0.05) is 59.8 Å². The first-order chi connectivity index (χ1) is 17.6. The van der Waals surface area contributed by atoms with E-state index in [1.165, 1.54) is 10.5 Å². The third-order valence-electron chi connectivity index (χ3n) is 6.65. The lowest BCUT2D eigenvalue weighted by atomic mass is 10.1. The number of hydrogen-bond acceptors (Lipinski definition) is 5. The van der Waals surface area contributed by atoms with Crippen molar-refractivity contribution in [2.75, 3.05) is 39.8 Å². The molecule has 0 unspecified atom stereocenters. The number of carbonyl (C=O) groups is 2.